The third-order valence-corrected chi connectivity index (χ3v) is 2.83. The molecule has 0 aliphatic carbocycles. The Hall–Kier alpha value is -1.03. The second-order valence-electron chi connectivity index (χ2n) is 3.74. The van der Waals surface area contributed by atoms with Crippen LogP contribution in [0.3, 0.4) is 0 Å². The maximum Gasteiger partial charge on any atom is 0.393 e. The molecule has 1 aliphatic rings. The van der Waals surface area contributed by atoms with Gasteiger partial charge in [-0.1, -0.05) is 23.7 Å². The van der Waals surface area contributed by atoms with Crippen LogP contribution in [0.1, 0.15) is 12.0 Å². The largest absolute Gasteiger partial charge is 0.393 e. The molecular formula is C11H9ClF3N. The Labute approximate surface area is 95.9 Å². The number of benzene rings is 1. The van der Waals surface area contributed by atoms with Crippen LogP contribution in [0.15, 0.2) is 29.3 Å². The molecule has 2 rings (SSSR count). The molecule has 1 heterocycles. The minimum absolute atomic E-state index is 0.0366. The van der Waals surface area contributed by atoms with Gasteiger partial charge in [-0.2, -0.15) is 13.2 Å². The monoisotopic (exact) mass is 247 g/mol. The van der Waals surface area contributed by atoms with Crippen LogP contribution in [-0.2, 0) is 0 Å². The molecule has 0 saturated heterocycles. The van der Waals surface area contributed by atoms with Crippen LogP contribution >= 0.6 is 11.6 Å². The van der Waals surface area contributed by atoms with Crippen LogP contribution in [0.5, 0.6) is 0 Å². The summed E-state index contributed by atoms with van der Waals surface area (Å²) >= 11 is 5.70. The van der Waals surface area contributed by atoms with E-state index >= 15 is 0 Å². The molecule has 0 amide bonds. The lowest BCUT2D eigenvalue weighted by molar-refractivity contribution is -0.167. The molecule has 0 saturated carbocycles. The molecular weight excluding hydrogens is 239 g/mol. The minimum atomic E-state index is -4.16. The van der Waals surface area contributed by atoms with Crippen molar-refractivity contribution >= 4 is 17.3 Å². The first-order valence-corrected chi connectivity index (χ1v) is 5.20. The van der Waals surface area contributed by atoms with E-state index in [2.05, 4.69) is 4.99 Å². The fourth-order valence-electron chi connectivity index (χ4n) is 1.65. The SMILES string of the molecule is FC(F)(F)C1CN=C(c2ccc(Cl)cc2)C1. The fraction of sp³-hybridized carbons (Fsp3) is 0.364. The topological polar surface area (TPSA) is 12.4 Å². The second-order valence-corrected chi connectivity index (χ2v) is 4.17. The Kier molecular flexibility index (Phi) is 2.93. The van der Waals surface area contributed by atoms with Gasteiger partial charge in [-0.15, -0.1) is 0 Å². The van der Waals surface area contributed by atoms with E-state index in [1.807, 2.05) is 0 Å². The van der Waals surface area contributed by atoms with E-state index in [-0.39, 0.29) is 13.0 Å². The smallest absolute Gasteiger partial charge is 0.288 e. The van der Waals surface area contributed by atoms with E-state index in [0.29, 0.717) is 10.7 Å². The second kappa shape index (κ2) is 4.09. The van der Waals surface area contributed by atoms with Crippen molar-refractivity contribution < 1.29 is 13.2 Å². The number of hydrogen-bond acceptors (Lipinski definition) is 1. The highest BCUT2D eigenvalue weighted by Gasteiger charge is 2.42. The van der Waals surface area contributed by atoms with Crippen molar-refractivity contribution in [3.63, 3.8) is 0 Å². The first-order chi connectivity index (χ1) is 7.47. The van der Waals surface area contributed by atoms with E-state index in [0.717, 1.165) is 5.56 Å². The molecule has 86 valence electrons. The fourth-order valence-corrected chi connectivity index (χ4v) is 1.78. The molecule has 5 heteroatoms. The summed E-state index contributed by atoms with van der Waals surface area (Å²) in [7, 11) is 0. The first kappa shape index (κ1) is 11.5. The highest BCUT2D eigenvalue weighted by atomic mass is 35.5. The summed E-state index contributed by atoms with van der Waals surface area (Å²) in [6, 6.07) is 6.69. The summed E-state index contributed by atoms with van der Waals surface area (Å²) in [6.07, 6.45) is -4.19. The van der Waals surface area contributed by atoms with Crippen LogP contribution in [0.25, 0.3) is 0 Å². The summed E-state index contributed by atoms with van der Waals surface area (Å²) in [4.78, 5) is 3.94. The number of hydrogen-bond donors (Lipinski definition) is 0. The average molecular weight is 248 g/mol. The molecule has 0 radical (unpaired) electrons. The molecule has 0 aromatic heterocycles. The van der Waals surface area contributed by atoms with Crippen LogP contribution in [0.2, 0.25) is 5.02 Å². The predicted octanol–water partition coefficient (Wildman–Crippen LogP) is 3.71. The molecule has 1 aromatic carbocycles. The molecule has 0 fully saturated rings. The van der Waals surface area contributed by atoms with Crippen LogP contribution < -0.4 is 0 Å². The highest BCUT2D eigenvalue weighted by molar-refractivity contribution is 6.30. The van der Waals surface area contributed by atoms with Gasteiger partial charge in [-0.25, -0.2) is 0 Å². The number of halogens is 4. The molecule has 16 heavy (non-hydrogen) atoms. The summed E-state index contributed by atoms with van der Waals surface area (Å²) in [5.41, 5.74) is 1.23. The predicted molar refractivity (Wildman–Crippen MR) is 57.0 cm³/mol. The van der Waals surface area contributed by atoms with Gasteiger partial charge in [0, 0.05) is 17.2 Å². The molecule has 0 N–H and O–H groups in total. The van der Waals surface area contributed by atoms with Crippen molar-refractivity contribution in [2.24, 2.45) is 10.9 Å². The van der Waals surface area contributed by atoms with Crippen LogP contribution in [0.4, 0.5) is 13.2 Å². The zero-order chi connectivity index (χ0) is 11.8. The van der Waals surface area contributed by atoms with Gasteiger partial charge in [-0.3, -0.25) is 4.99 Å². The molecule has 0 spiro atoms. The minimum Gasteiger partial charge on any atom is -0.288 e. The summed E-state index contributed by atoms with van der Waals surface area (Å²) in [5.74, 6) is -1.34. The first-order valence-electron chi connectivity index (χ1n) is 4.83. The van der Waals surface area contributed by atoms with Crippen LogP contribution in [-0.4, -0.2) is 18.4 Å². The lowest BCUT2D eigenvalue weighted by atomic mass is 10.0. The Balaban J connectivity index is 2.12. The number of aliphatic imine (C=N–C) groups is 1. The van der Waals surface area contributed by atoms with Crippen molar-refractivity contribution in [3.8, 4) is 0 Å². The molecule has 1 atom stereocenters. The lowest BCUT2D eigenvalue weighted by Crippen LogP contribution is -2.23. The maximum atomic E-state index is 12.4. The Morgan fingerprint density at radius 1 is 1.19 bits per heavy atom. The number of alkyl halides is 3. The highest BCUT2D eigenvalue weighted by Crippen LogP contribution is 2.33. The maximum absolute atomic E-state index is 12.4. The molecule has 1 aliphatic heterocycles. The van der Waals surface area contributed by atoms with Crippen molar-refractivity contribution in [2.45, 2.75) is 12.6 Å². The zero-order valence-corrected chi connectivity index (χ0v) is 9.02. The van der Waals surface area contributed by atoms with Gasteiger partial charge in [0.05, 0.1) is 12.5 Å². The molecule has 0 bridgehead atoms. The molecule has 1 nitrogen and oxygen atoms in total. The van der Waals surface area contributed by atoms with Gasteiger partial charge in [-0.05, 0) is 17.7 Å². The Morgan fingerprint density at radius 2 is 1.81 bits per heavy atom. The van der Waals surface area contributed by atoms with Gasteiger partial charge in [0.25, 0.3) is 0 Å². The number of rotatable bonds is 1. The average Bonchev–Trinajstić information content (AvgIpc) is 2.67. The normalized spacial score (nSPS) is 21.0. The van der Waals surface area contributed by atoms with E-state index in [1.54, 1.807) is 24.3 Å². The van der Waals surface area contributed by atoms with Gasteiger partial charge >= 0.3 is 6.18 Å². The van der Waals surface area contributed by atoms with Crippen molar-refractivity contribution in [1.29, 1.82) is 0 Å². The van der Waals surface area contributed by atoms with Gasteiger partial charge in [0.1, 0.15) is 0 Å². The van der Waals surface area contributed by atoms with Gasteiger partial charge in [0.2, 0.25) is 0 Å². The number of nitrogens with zero attached hydrogens (tertiary/aromatic N) is 1. The summed E-state index contributed by atoms with van der Waals surface area (Å²) in [5, 5.41) is 0.565. The van der Waals surface area contributed by atoms with Gasteiger partial charge < -0.3 is 0 Å². The van der Waals surface area contributed by atoms with Gasteiger partial charge in [0.15, 0.2) is 0 Å². The zero-order valence-electron chi connectivity index (χ0n) is 8.26. The summed E-state index contributed by atoms with van der Waals surface area (Å²) < 4.78 is 37.3. The van der Waals surface area contributed by atoms with E-state index in [1.165, 1.54) is 0 Å². The van der Waals surface area contributed by atoms with E-state index < -0.39 is 12.1 Å². The van der Waals surface area contributed by atoms with Crippen molar-refractivity contribution in [2.75, 3.05) is 6.54 Å². The van der Waals surface area contributed by atoms with E-state index in [9.17, 15) is 13.2 Å². The molecule has 1 unspecified atom stereocenters. The third kappa shape index (κ3) is 2.38. The Bertz CT molecular complexity index is 408. The van der Waals surface area contributed by atoms with Crippen LogP contribution in [0, 0.1) is 5.92 Å². The van der Waals surface area contributed by atoms with Crippen molar-refractivity contribution in [3.05, 3.63) is 34.9 Å². The third-order valence-electron chi connectivity index (χ3n) is 2.58. The molecule has 1 aromatic rings. The van der Waals surface area contributed by atoms with Crippen molar-refractivity contribution in [1.82, 2.24) is 0 Å². The standard InChI is InChI=1S/C11H9ClF3N/c12-9-3-1-7(2-4-9)10-5-8(6-16-10)11(13,14)15/h1-4,8H,5-6H2. The Morgan fingerprint density at radius 3 is 2.31 bits per heavy atom. The lowest BCUT2D eigenvalue weighted by Gasteiger charge is -2.12. The summed E-state index contributed by atoms with van der Waals surface area (Å²) in [6.45, 7) is -0.165. The quantitative estimate of drug-likeness (QED) is 0.717. The van der Waals surface area contributed by atoms with E-state index in [4.69, 9.17) is 11.6 Å².